The number of amides is 1. The fourth-order valence-corrected chi connectivity index (χ4v) is 2.35. The van der Waals surface area contributed by atoms with Crippen LogP contribution in [-0.2, 0) is 4.79 Å². The summed E-state index contributed by atoms with van der Waals surface area (Å²) in [7, 11) is 0. The molecule has 6 heteroatoms. The smallest absolute Gasteiger partial charge is 0.358 e. The second-order valence-electron chi connectivity index (χ2n) is 4.74. The third kappa shape index (κ3) is 3.49. The molecule has 1 aliphatic carbocycles. The number of anilines is 1. The number of nitrogens with zero attached hydrogens (tertiary/aromatic N) is 2. The Kier molecular flexibility index (Phi) is 4.43. The van der Waals surface area contributed by atoms with E-state index >= 15 is 0 Å². The van der Waals surface area contributed by atoms with Crippen molar-refractivity contribution >= 4 is 17.7 Å². The lowest BCUT2D eigenvalue weighted by molar-refractivity contribution is -0.120. The Morgan fingerprint density at radius 1 is 1.11 bits per heavy atom. The molecule has 102 valence electrons. The summed E-state index contributed by atoms with van der Waals surface area (Å²) in [5.41, 5.74) is -0.218. The standard InChI is InChI=1S/C13H17N3O3/c17-12(9-5-3-1-2-4-6-9)16-11-10(13(18)19)14-7-8-15-11/h7-9H,1-6H2,(H,18,19)(H,15,16,17). The first-order valence-corrected chi connectivity index (χ1v) is 6.53. The van der Waals surface area contributed by atoms with Crippen molar-refractivity contribution in [3.63, 3.8) is 0 Å². The largest absolute Gasteiger partial charge is 0.476 e. The van der Waals surface area contributed by atoms with Crippen LogP contribution in [0.3, 0.4) is 0 Å². The van der Waals surface area contributed by atoms with Gasteiger partial charge in [0.1, 0.15) is 0 Å². The van der Waals surface area contributed by atoms with E-state index in [1.807, 2.05) is 0 Å². The van der Waals surface area contributed by atoms with Gasteiger partial charge < -0.3 is 10.4 Å². The van der Waals surface area contributed by atoms with E-state index in [4.69, 9.17) is 5.11 Å². The minimum absolute atomic E-state index is 0.0317. The average molecular weight is 263 g/mol. The van der Waals surface area contributed by atoms with Crippen molar-refractivity contribution in [3.8, 4) is 0 Å². The summed E-state index contributed by atoms with van der Waals surface area (Å²) < 4.78 is 0. The first kappa shape index (κ1) is 13.5. The van der Waals surface area contributed by atoms with Gasteiger partial charge in [-0.05, 0) is 12.8 Å². The SMILES string of the molecule is O=C(O)c1nccnc1NC(=O)C1CCCCCC1. The summed E-state index contributed by atoms with van der Waals surface area (Å²) in [6.07, 6.45) is 8.79. The molecule has 0 radical (unpaired) electrons. The van der Waals surface area contributed by atoms with Crippen LogP contribution in [0.25, 0.3) is 0 Å². The highest BCUT2D eigenvalue weighted by atomic mass is 16.4. The molecule has 19 heavy (non-hydrogen) atoms. The van der Waals surface area contributed by atoms with Crippen LogP contribution in [0.15, 0.2) is 12.4 Å². The molecular formula is C13H17N3O3. The van der Waals surface area contributed by atoms with Crippen molar-refractivity contribution < 1.29 is 14.7 Å². The topological polar surface area (TPSA) is 92.2 Å². The molecule has 0 unspecified atom stereocenters. The third-order valence-electron chi connectivity index (χ3n) is 3.37. The van der Waals surface area contributed by atoms with Gasteiger partial charge in [0.05, 0.1) is 0 Å². The van der Waals surface area contributed by atoms with Gasteiger partial charge in [-0.3, -0.25) is 4.79 Å². The highest BCUT2D eigenvalue weighted by molar-refractivity contribution is 5.98. The number of aromatic nitrogens is 2. The Labute approximate surface area is 111 Å². The van der Waals surface area contributed by atoms with Gasteiger partial charge >= 0.3 is 5.97 Å². The number of rotatable bonds is 3. The monoisotopic (exact) mass is 263 g/mol. The quantitative estimate of drug-likeness (QED) is 0.814. The van der Waals surface area contributed by atoms with Crippen molar-refractivity contribution in [1.82, 2.24) is 9.97 Å². The van der Waals surface area contributed by atoms with Gasteiger partial charge in [0.25, 0.3) is 0 Å². The second kappa shape index (κ2) is 6.26. The summed E-state index contributed by atoms with van der Waals surface area (Å²) in [6.45, 7) is 0. The van der Waals surface area contributed by atoms with Crippen LogP contribution in [0, 0.1) is 5.92 Å². The normalized spacial score (nSPS) is 16.6. The molecule has 1 amide bonds. The molecule has 2 rings (SSSR count). The van der Waals surface area contributed by atoms with E-state index in [0.717, 1.165) is 38.5 Å². The Bertz CT molecular complexity index is 468. The first-order chi connectivity index (χ1) is 9.18. The number of hydrogen-bond acceptors (Lipinski definition) is 4. The maximum atomic E-state index is 12.1. The van der Waals surface area contributed by atoms with Crippen LogP contribution in [-0.4, -0.2) is 27.0 Å². The maximum absolute atomic E-state index is 12.1. The van der Waals surface area contributed by atoms with Crippen molar-refractivity contribution in [2.75, 3.05) is 5.32 Å². The fraction of sp³-hybridized carbons (Fsp3) is 0.538. The van der Waals surface area contributed by atoms with Gasteiger partial charge in [-0.25, -0.2) is 14.8 Å². The molecule has 1 fully saturated rings. The molecule has 2 N–H and O–H groups in total. The van der Waals surface area contributed by atoms with Gasteiger partial charge in [0, 0.05) is 18.3 Å². The molecule has 0 aromatic carbocycles. The molecule has 0 bridgehead atoms. The Morgan fingerprint density at radius 3 is 2.37 bits per heavy atom. The zero-order valence-corrected chi connectivity index (χ0v) is 10.6. The number of carboxylic acids is 1. The zero-order chi connectivity index (χ0) is 13.7. The van der Waals surface area contributed by atoms with E-state index in [9.17, 15) is 9.59 Å². The number of carboxylic acid groups (broad SMARTS) is 1. The Hall–Kier alpha value is -1.98. The lowest BCUT2D eigenvalue weighted by atomic mass is 9.99. The molecule has 0 saturated heterocycles. The van der Waals surface area contributed by atoms with Gasteiger partial charge in [0.2, 0.25) is 5.91 Å². The van der Waals surface area contributed by atoms with Crippen LogP contribution < -0.4 is 5.32 Å². The summed E-state index contributed by atoms with van der Waals surface area (Å²) in [6, 6.07) is 0. The molecule has 1 saturated carbocycles. The van der Waals surface area contributed by atoms with Crippen LogP contribution >= 0.6 is 0 Å². The van der Waals surface area contributed by atoms with E-state index < -0.39 is 5.97 Å². The second-order valence-corrected chi connectivity index (χ2v) is 4.74. The van der Waals surface area contributed by atoms with Crippen molar-refractivity contribution in [2.45, 2.75) is 38.5 Å². The van der Waals surface area contributed by atoms with Crippen molar-refractivity contribution in [3.05, 3.63) is 18.1 Å². The van der Waals surface area contributed by atoms with Crippen LogP contribution in [0.2, 0.25) is 0 Å². The molecule has 6 nitrogen and oxygen atoms in total. The Balaban J connectivity index is 2.07. The number of carbonyl (C=O) groups excluding carboxylic acids is 1. The van der Waals surface area contributed by atoms with E-state index in [2.05, 4.69) is 15.3 Å². The molecule has 0 aliphatic heterocycles. The molecular weight excluding hydrogens is 246 g/mol. The van der Waals surface area contributed by atoms with E-state index in [0.29, 0.717) is 0 Å². The molecule has 1 heterocycles. The molecule has 1 aromatic rings. The highest BCUT2D eigenvalue weighted by Gasteiger charge is 2.22. The van der Waals surface area contributed by atoms with E-state index in [1.54, 1.807) is 0 Å². The van der Waals surface area contributed by atoms with Crippen molar-refractivity contribution in [1.29, 1.82) is 0 Å². The number of carbonyl (C=O) groups is 2. The summed E-state index contributed by atoms with van der Waals surface area (Å²) >= 11 is 0. The summed E-state index contributed by atoms with van der Waals surface area (Å²) in [5.74, 6) is -1.36. The van der Waals surface area contributed by atoms with Crippen LogP contribution in [0.4, 0.5) is 5.82 Å². The highest BCUT2D eigenvalue weighted by Crippen LogP contribution is 2.24. The van der Waals surface area contributed by atoms with Crippen LogP contribution in [0.1, 0.15) is 49.0 Å². The minimum atomic E-state index is -1.19. The fourth-order valence-electron chi connectivity index (χ4n) is 2.35. The first-order valence-electron chi connectivity index (χ1n) is 6.53. The predicted molar refractivity (Wildman–Crippen MR) is 68.8 cm³/mol. The van der Waals surface area contributed by atoms with Gasteiger partial charge in [-0.15, -0.1) is 0 Å². The number of hydrogen-bond donors (Lipinski definition) is 2. The van der Waals surface area contributed by atoms with Crippen LogP contribution in [0.5, 0.6) is 0 Å². The number of nitrogens with one attached hydrogen (secondary N) is 1. The Morgan fingerprint density at radius 2 is 1.74 bits per heavy atom. The molecule has 0 spiro atoms. The minimum Gasteiger partial charge on any atom is -0.476 e. The van der Waals surface area contributed by atoms with E-state index in [1.165, 1.54) is 12.4 Å². The predicted octanol–water partition coefficient (Wildman–Crippen LogP) is 2.08. The molecule has 1 aromatic heterocycles. The average Bonchev–Trinajstić information content (AvgIpc) is 2.68. The molecule has 0 atom stereocenters. The van der Waals surface area contributed by atoms with E-state index in [-0.39, 0.29) is 23.3 Å². The lowest BCUT2D eigenvalue weighted by Gasteiger charge is -2.14. The summed E-state index contributed by atoms with van der Waals surface area (Å²) in [5, 5.41) is 11.6. The maximum Gasteiger partial charge on any atom is 0.358 e. The number of aromatic carboxylic acids is 1. The zero-order valence-electron chi connectivity index (χ0n) is 10.6. The van der Waals surface area contributed by atoms with Gasteiger partial charge in [-0.2, -0.15) is 0 Å². The van der Waals surface area contributed by atoms with Gasteiger partial charge in [-0.1, -0.05) is 25.7 Å². The summed E-state index contributed by atoms with van der Waals surface area (Å²) in [4.78, 5) is 30.7. The third-order valence-corrected chi connectivity index (χ3v) is 3.37. The molecule has 1 aliphatic rings. The van der Waals surface area contributed by atoms with Crippen molar-refractivity contribution in [2.24, 2.45) is 5.92 Å². The lowest BCUT2D eigenvalue weighted by Crippen LogP contribution is -2.24. The van der Waals surface area contributed by atoms with Gasteiger partial charge in [0.15, 0.2) is 11.5 Å².